The smallest absolute Gasteiger partial charge is 0.283 e. The molecule has 0 aliphatic heterocycles. The molecule has 3 N–H and O–H groups in total. The van der Waals surface area contributed by atoms with Gasteiger partial charge in [0.15, 0.2) is 5.69 Å². The van der Waals surface area contributed by atoms with Crippen molar-refractivity contribution in [2.75, 3.05) is 11.9 Å². The number of amides is 1. The van der Waals surface area contributed by atoms with E-state index in [1.165, 1.54) is 0 Å². The van der Waals surface area contributed by atoms with Crippen LogP contribution in [0.4, 0.5) is 11.4 Å². The maximum atomic E-state index is 11.9. The van der Waals surface area contributed by atoms with Gasteiger partial charge in [0.2, 0.25) is 5.88 Å². The number of carbonyl (C=O) groups is 1. The van der Waals surface area contributed by atoms with E-state index in [-0.39, 0.29) is 18.1 Å². The number of rotatable bonds is 4. The van der Waals surface area contributed by atoms with E-state index in [1.54, 1.807) is 6.07 Å². The summed E-state index contributed by atoms with van der Waals surface area (Å²) in [4.78, 5) is 14.6. The molecule has 0 spiro atoms. The molecular formula is C17H16N4O2. The van der Waals surface area contributed by atoms with Crippen LogP contribution < -0.4 is 5.32 Å². The van der Waals surface area contributed by atoms with Gasteiger partial charge in [0.05, 0.1) is 12.1 Å². The normalized spacial score (nSPS) is 11.2. The summed E-state index contributed by atoms with van der Waals surface area (Å²) in [5.41, 5.74) is 2.94. The van der Waals surface area contributed by atoms with Crippen molar-refractivity contribution < 1.29 is 9.90 Å². The molecule has 0 saturated heterocycles. The Kier molecular flexibility index (Phi) is 4.05. The van der Waals surface area contributed by atoms with Crippen molar-refractivity contribution in [3.63, 3.8) is 0 Å². The van der Waals surface area contributed by atoms with Gasteiger partial charge in [-0.05, 0) is 24.6 Å². The van der Waals surface area contributed by atoms with Gasteiger partial charge in [0.1, 0.15) is 0 Å². The minimum Gasteiger partial charge on any atom is -0.493 e. The number of nitrogens with zero attached hydrogens (tertiary/aromatic N) is 2. The third-order valence-corrected chi connectivity index (χ3v) is 3.50. The van der Waals surface area contributed by atoms with Crippen LogP contribution in [0.15, 0.2) is 58.8 Å². The molecule has 0 aliphatic carbocycles. The number of carbonyl (C=O) groups excluding carboxylic acids is 1. The van der Waals surface area contributed by atoms with Crippen molar-refractivity contribution >= 4 is 28.2 Å². The Bertz CT molecular complexity index is 883. The summed E-state index contributed by atoms with van der Waals surface area (Å²) in [6, 6.07) is 15.0. The lowest BCUT2D eigenvalue weighted by atomic mass is 10.2. The highest BCUT2D eigenvalue weighted by atomic mass is 16.3. The van der Waals surface area contributed by atoms with E-state index in [1.807, 2.05) is 49.4 Å². The number of aromatic hydroxyl groups is 1. The number of anilines is 1. The third kappa shape index (κ3) is 3.21. The van der Waals surface area contributed by atoms with Crippen molar-refractivity contribution in [3.05, 3.63) is 54.1 Å². The summed E-state index contributed by atoms with van der Waals surface area (Å²) >= 11 is 0. The molecule has 0 saturated carbocycles. The minimum absolute atomic E-state index is 0.0392. The predicted octanol–water partition coefficient (Wildman–Crippen LogP) is 3.90. The fourth-order valence-corrected chi connectivity index (χ4v) is 2.30. The molecule has 0 fully saturated rings. The lowest BCUT2D eigenvalue weighted by Gasteiger charge is -2.06. The van der Waals surface area contributed by atoms with Crippen LogP contribution >= 0.6 is 0 Å². The summed E-state index contributed by atoms with van der Waals surface area (Å²) in [5.74, 6) is -0.521. The van der Waals surface area contributed by atoms with Gasteiger partial charge in [-0.25, -0.2) is 0 Å². The van der Waals surface area contributed by atoms with Crippen LogP contribution in [0.25, 0.3) is 10.9 Å². The van der Waals surface area contributed by atoms with E-state index in [0.717, 1.165) is 16.8 Å². The fourth-order valence-electron chi connectivity index (χ4n) is 2.30. The zero-order valence-corrected chi connectivity index (χ0v) is 12.6. The molecule has 0 atom stereocenters. The van der Waals surface area contributed by atoms with Crippen molar-refractivity contribution in [1.29, 1.82) is 0 Å². The number of para-hydroxylation sites is 2. The first-order valence-corrected chi connectivity index (χ1v) is 7.19. The summed E-state index contributed by atoms with van der Waals surface area (Å²) in [7, 11) is 0. The van der Waals surface area contributed by atoms with Crippen molar-refractivity contribution in [2.45, 2.75) is 6.92 Å². The van der Waals surface area contributed by atoms with Gasteiger partial charge in [-0.3, -0.25) is 4.79 Å². The molecule has 0 radical (unpaired) electrons. The molecule has 116 valence electrons. The number of azo groups is 1. The first-order valence-electron chi connectivity index (χ1n) is 7.19. The summed E-state index contributed by atoms with van der Waals surface area (Å²) in [6.07, 6.45) is 0. The molecular weight excluding hydrogens is 292 g/mol. The number of aromatic amines is 1. The van der Waals surface area contributed by atoms with Gasteiger partial charge in [-0.1, -0.05) is 36.4 Å². The Labute approximate surface area is 132 Å². The fraction of sp³-hybridized carbons (Fsp3) is 0.118. The van der Waals surface area contributed by atoms with Crippen LogP contribution in [-0.2, 0) is 4.79 Å². The average Bonchev–Trinajstić information content (AvgIpc) is 2.87. The second-order valence-corrected chi connectivity index (χ2v) is 5.13. The molecule has 3 rings (SSSR count). The quantitative estimate of drug-likeness (QED) is 0.638. The van der Waals surface area contributed by atoms with Crippen LogP contribution in [0.1, 0.15) is 5.56 Å². The maximum Gasteiger partial charge on any atom is 0.283 e. The second-order valence-electron chi connectivity index (χ2n) is 5.13. The number of aryl methyl sites for hydroxylation is 1. The molecule has 1 aromatic heterocycles. The average molecular weight is 308 g/mol. The van der Waals surface area contributed by atoms with E-state index >= 15 is 0 Å². The number of hydrogen-bond donors (Lipinski definition) is 3. The molecule has 0 bridgehead atoms. The van der Waals surface area contributed by atoms with Crippen molar-refractivity contribution in [2.24, 2.45) is 10.2 Å². The first kappa shape index (κ1) is 14.8. The molecule has 2 aromatic carbocycles. The largest absolute Gasteiger partial charge is 0.493 e. The Hall–Kier alpha value is -3.15. The number of benzene rings is 2. The van der Waals surface area contributed by atoms with Gasteiger partial charge < -0.3 is 15.4 Å². The molecule has 6 nitrogen and oxygen atoms in total. The highest BCUT2D eigenvalue weighted by Crippen LogP contribution is 2.35. The SMILES string of the molecule is Cc1ccccc1NCC(=O)N=Nc1c(O)[nH]c2ccccc12. The van der Waals surface area contributed by atoms with Crippen LogP contribution in [-0.4, -0.2) is 22.5 Å². The van der Waals surface area contributed by atoms with Crippen LogP contribution in [0.5, 0.6) is 5.88 Å². The molecule has 6 heteroatoms. The number of fused-ring (bicyclic) bond motifs is 1. The molecule has 3 aromatic rings. The zero-order valence-electron chi connectivity index (χ0n) is 12.6. The van der Waals surface area contributed by atoms with Crippen LogP contribution in [0.3, 0.4) is 0 Å². The molecule has 23 heavy (non-hydrogen) atoms. The topological polar surface area (TPSA) is 89.8 Å². The number of H-pyrrole nitrogens is 1. The summed E-state index contributed by atoms with van der Waals surface area (Å²) in [6.45, 7) is 2.00. The predicted molar refractivity (Wildman–Crippen MR) is 89.2 cm³/mol. The lowest BCUT2D eigenvalue weighted by Crippen LogP contribution is -2.11. The Morgan fingerprint density at radius 2 is 1.91 bits per heavy atom. The zero-order chi connectivity index (χ0) is 16.2. The van der Waals surface area contributed by atoms with E-state index in [0.29, 0.717) is 5.39 Å². The highest BCUT2D eigenvalue weighted by molar-refractivity contribution is 5.94. The number of hydrogen-bond acceptors (Lipinski definition) is 4. The molecule has 0 unspecified atom stereocenters. The van der Waals surface area contributed by atoms with E-state index < -0.39 is 5.91 Å². The van der Waals surface area contributed by atoms with Gasteiger partial charge in [-0.15, -0.1) is 10.2 Å². The summed E-state index contributed by atoms with van der Waals surface area (Å²) in [5, 5.41) is 21.1. The van der Waals surface area contributed by atoms with Gasteiger partial charge in [0.25, 0.3) is 5.91 Å². The van der Waals surface area contributed by atoms with Gasteiger partial charge in [-0.2, -0.15) is 0 Å². The van der Waals surface area contributed by atoms with E-state index in [2.05, 4.69) is 20.5 Å². The maximum absolute atomic E-state index is 11.9. The molecule has 1 amide bonds. The van der Waals surface area contributed by atoms with Gasteiger partial charge in [0, 0.05) is 11.1 Å². The lowest BCUT2D eigenvalue weighted by molar-refractivity contribution is -0.116. The summed E-state index contributed by atoms with van der Waals surface area (Å²) < 4.78 is 0. The van der Waals surface area contributed by atoms with Crippen LogP contribution in [0, 0.1) is 6.92 Å². The van der Waals surface area contributed by atoms with E-state index in [9.17, 15) is 9.90 Å². The van der Waals surface area contributed by atoms with Crippen molar-refractivity contribution in [1.82, 2.24) is 4.98 Å². The Morgan fingerprint density at radius 1 is 1.17 bits per heavy atom. The van der Waals surface area contributed by atoms with Crippen molar-refractivity contribution in [3.8, 4) is 5.88 Å². The standard InChI is InChI=1S/C17H16N4O2/c1-11-6-2-4-8-13(11)18-10-15(22)20-21-16-12-7-3-5-9-14(12)19-17(16)23/h2-9,18-19,23H,10H2,1H3. The third-order valence-electron chi connectivity index (χ3n) is 3.50. The monoisotopic (exact) mass is 308 g/mol. The number of nitrogens with one attached hydrogen (secondary N) is 2. The first-order chi connectivity index (χ1) is 11.1. The Balaban J connectivity index is 1.71. The minimum atomic E-state index is -0.419. The van der Waals surface area contributed by atoms with Crippen LogP contribution in [0.2, 0.25) is 0 Å². The molecule has 1 heterocycles. The number of aromatic nitrogens is 1. The highest BCUT2D eigenvalue weighted by Gasteiger charge is 2.10. The Morgan fingerprint density at radius 3 is 2.74 bits per heavy atom. The van der Waals surface area contributed by atoms with Gasteiger partial charge >= 0.3 is 0 Å². The van der Waals surface area contributed by atoms with E-state index in [4.69, 9.17) is 0 Å². The second kappa shape index (κ2) is 6.31. The molecule has 0 aliphatic rings.